The molecule has 2 amide bonds. The first-order chi connectivity index (χ1) is 10.7. The van der Waals surface area contributed by atoms with Crippen LogP contribution in [0.25, 0.3) is 11.3 Å². The summed E-state index contributed by atoms with van der Waals surface area (Å²) in [7, 11) is 0. The van der Waals surface area contributed by atoms with Gasteiger partial charge in [0.1, 0.15) is 11.4 Å². The van der Waals surface area contributed by atoms with E-state index < -0.39 is 5.63 Å². The van der Waals surface area contributed by atoms with Crippen molar-refractivity contribution in [3.05, 3.63) is 47.1 Å². The number of rotatable bonds is 2. The van der Waals surface area contributed by atoms with E-state index in [1.165, 1.54) is 6.07 Å². The normalized spacial score (nSPS) is 14.6. The van der Waals surface area contributed by atoms with E-state index in [9.17, 15) is 9.59 Å². The van der Waals surface area contributed by atoms with Crippen molar-refractivity contribution >= 4 is 11.7 Å². The summed E-state index contributed by atoms with van der Waals surface area (Å²) in [5.41, 5.74) is 0.220. The maximum atomic E-state index is 12.0. The molecule has 0 spiro atoms. The van der Waals surface area contributed by atoms with Crippen LogP contribution in [0.4, 0.5) is 10.5 Å². The van der Waals surface area contributed by atoms with E-state index in [1.54, 1.807) is 35.5 Å². The maximum Gasteiger partial charge on any atom is 0.360 e. The lowest BCUT2D eigenvalue weighted by atomic mass is 10.2. The second kappa shape index (κ2) is 6.40. The van der Waals surface area contributed by atoms with E-state index in [0.717, 1.165) is 0 Å². The third kappa shape index (κ3) is 3.15. The van der Waals surface area contributed by atoms with Crippen molar-refractivity contribution in [2.75, 3.05) is 31.6 Å². The number of amides is 2. The summed E-state index contributed by atoms with van der Waals surface area (Å²) < 4.78 is 10.4. The molecule has 7 nitrogen and oxygen atoms in total. The topological polar surface area (TPSA) is 84.7 Å². The van der Waals surface area contributed by atoms with Gasteiger partial charge < -0.3 is 19.4 Å². The van der Waals surface area contributed by atoms with Gasteiger partial charge in [-0.2, -0.15) is 0 Å². The minimum atomic E-state index is -0.594. The first-order valence-electron chi connectivity index (χ1n) is 6.92. The molecule has 3 rings (SSSR count). The molecule has 1 saturated heterocycles. The molecule has 3 heterocycles. The number of morpholine rings is 1. The highest BCUT2D eigenvalue weighted by Crippen LogP contribution is 2.17. The largest absolute Gasteiger partial charge is 0.421 e. The fourth-order valence-electron chi connectivity index (χ4n) is 2.13. The molecular formula is C15H15N3O4. The molecule has 22 heavy (non-hydrogen) atoms. The van der Waals surface area contributed by atoms with Crippen molar-refractivity contribution in [1.29, 1.82) is 0 Å². The molecule has 114 valence electrons. The van der Waals surface area contributed by atoms with Gasteiger partial charge in [0.25, 0.3) is 0 Å². The molecule has 0 saturated carbocycles. The Balaban J connectivity index is 1.75. The molecule has 2 aromatic rings. The lowest BCUT2D eigenvalue weighted by molar-refractivity contribution is 0.0564. The van der Waals surface area contributed by atoms with Crippen molar-refractivity contribution in [2.45, 2.75) is 0 Å². The number of carbonyl (C=O) groups excluding carboxylic acids is 1. The minimum Gasteiger partial charge on any atom is -0.421 e. The van der Waals surface area contributed by atoms with Gasteiger partial charge in [-0.15, -0.1) is 0 Å². The maximum absolute atomic E-state index is 12.0. The van der Waals surface area contributed by atoms with Crippen molar-refractivity contribution in [3.8, 4) is 11.3 Å². The van der Waals surface area contributed by atoms with Gasteiger partial charge in [-0.1, -0.05) is 0 Å². The van der Waals surface area contributed by atoms with E-state index in [0.29, 0.717) is 37.6 Å². The molecular weight excluding hydrogens is 286 g/mol. The number of hydrogen-bond donors (Lipinski definition) is 1. The van der Waals surface area contributed by atoms with Crippen molar-refractivity contribution in [3.63, 3.8) is 0 Å². The highest BCUT2D eigenvalue weighted by Gasteiger charge is 2.18. The summed E-state index contributed by atoms with van der Waals surface area (Å²) in [6, 6.07) is 6.38. The molecule has 0 aromatic carbocycles. The highest BCUT2D eigenvalue weighted by molar-refractivity contribution is 5.89. The van der Waals surface area contributed by atoms with Crippen molar-refractivity contribution < 1.29 is 13.9 Å². The highest BCUT2D eigenvalue weighted by atomic mass is 16.5. The molecule has 1 aliphatic heterocycles. The predicted octanol–water partition coefficient (Wildman–Crippen LogP) is 1.57. The Labute approximate surface area is 126 Å². The zero-order valence-electron chi connectivity index (χ0n) is 11.8. The second-order valence-corrected chi connectivity index (χ2v) is 4.77. The summed E-state index contributed by atoms with van der Waals surface area (Å²) in [6.07, 6.45) is 3.24. The van der Waals surface area contributed by atoms with Crippen LogP contribution < -0.4 is 10.9 Å². The third-order valence-corrected chi connectivity index (χ3v) is 3.31. The zero-order valence-corrected chi connectivity index (χ0v) is 11.8. The fourth-order valence-corrected chi connectivity index (χ4v) is 2.13. The number of nitrogens with zero attached hydrogens (tertiary/aromatic N) is 2. The number of nitrogens with one attached hydrogen (secondary N) is 1. The van der Waals surface area contributed by atoms with Crippen LogP contribution in [0.1, 0.15) is 0 Å². The molecule has 0 aliphatic carbocycles. The lowest BCUT2D eigenvalue weighted by Crippen LogP contribution is -2.43. The van der Waals surface area contributed by atoms with Gasteiger partial charge in [-0.3, -0.25) is 4.98 Å². The predicted molar refractivity (Wildman–Crippen MR) is 79.6 cm³/mol. The second-order valence-electron chi connectivity index (χ2n) is 4.77. The molecule has 0 unspecified atom stereocenters. The molecule has 0 bridgehead atoms. The summed E-state index contributed by atoms with van der Waals surface area (Å²) in [5, 5.41) is 2.57. The molecule has 2 aromatic heterocycles. The van der Waals surface area contributed by atoms with Crippen LogP contribution >= 0.6 is 0 Å². The van der Waals surface area contributed by atoms with E-state index in [2.05, 4.69) is 10.3 Å². The Bertz CT molecular complexity index is 708. The summed E-state index contributed by atoms with van der Waals surface area (Å²) in [4.78, 5) is 29.6. The average molecular weight is 301 g/mol. The first-order valence-corrected chi connectivity index (χ1v) is 6.92. The van der Waals surface area contributed by atoms with E-state index in [1.807, 2.05) is 0 Å². The molecule has 0 radical (unpaired) electrons. The average Bonchev–Trinajstić information content (AvgIpc) is 2.58. The minimum absolute atomic E-state index is 0.115. The number of aromatic nitrogens is 1. The molecule has 7 heteroatoms. The standard InChI is InChI=1S/C15H15N3O4/c19-14-12(17-15(20)18-6-8-21-9-7-18)3-4-13(22-14)11-2-1-5-16-10-11/h1-5,10H,6-9H2,(H,17,20). The van der Waals surface area contributed by atoms with Gasteiger partial charge in [0.15, 0.2) is 0 Å². The van der Waals surface area contributed by atoms with Gasteiger partial charge in [0.2, 0.25) is 0 Å². The van der Waals surface area contributed by atoms with Crippen LogP contribution in [-0.4, -0.2) is 42.2 Å². The van der Waals surface area contributed by atoms with Crippen molar-refractivity contribution in [1.82, 2.24) is 9.88 Å². The smallest absolute Gasteiger partial charge is 0.360 e. The van der Waals surface area contributed by atoms with Crippen LogP contribution in [-0.2, 0) is 4.74 Å². The van der Waals surface area contributed by atoms with Crippen LogP contribution in [0.15, 0.2) is 45.9 Å². The Morgan fingerprint density at radius 1 is 1.23 bits per heavy atom. The van der Waals surface area contributed by atoms with Crippen LogP contribution in [0.3, 0.4) is 0 Å². The van der Waals surface area contributed by atoms with Gasteiger partial charge in [-0.25, -0.2) is 9.59 Å². The number of carbonyl (C=O) groups is 1. The Hall–Kier alpha value is -2.67. The fraction of sp³-hybridized carbons (Fsp3) is 0.267. The van der Waals surface area contributed by atoms with Crippen LogP contribution in [0.2, 0.25) is 0 Å². The van der Waals surface area contributed by atoms with Crippen LogP contribution in [0.5, 0.6) is 0 Å². The number of anilines is 1. The summed E-state index contributed by atoms with van der Waals surface area (Å²) in [5.74, 6) is 0.405. The van der Waals surface area contributed by atoms with E-state index >= 15 is 0 Å². The monoisotopic (exact) mass is 301 g/mol. The lowest BCUT2D eigenvalue weighted by Gasteiger charge is -2.26. The summed E-state index contributed by atoms with van der Waals surface area (Å²) >= 11 is 0. The van der Waals surface area contributed by atoms with E-state index in [4.69, 9.17) is 9.15 Å². The first kappa shape index (κ1) is 14.3. The number of ether oxygens (including phenoxy) is 1. The molecule has 0 atom stereocenters. The van der Waals surface area contributed by atoms with Gasteiger partial charge in [0, 0.05) is 31.0 Å². The van der Waals surface area contributed by atoms with Gasteiger partial charge in [-0.05, 0) is 24.3 Å². The van der Waals surface area contributed by atoms with Gasteiger partial charge in [0.05, 0.1) is 13.2 Å². The molecule has 1 N–H and O–H groups in total. The quantitative estimate of drug-likeness (QED) is 0.910. The third-order valence-electron chi connectivity index (χ3n) is 3.31. The summed E-state index contributed by atoms with van der Waals surface area (Å²) in [6.45, 7) is 2.01. The Morgan fingerprint density at radius 2 is 2.05 bits per heavy atom. The number of hydrogen-bond acceptors (Lipinski definition) is 5. The Kier molecular flexibility index (Phi) is 4.15. The van der Waals surface area contributed by atoms with E-state index in [-0.39, 0.29) is 11.7 Å². The Morgan fingerprint density at radius 3 is 2.73 bits per heavy atom. The number of pyridine rings is 1. The SMILES string of the molecule is O=C(Nc1ccc(-c2cccnc2)oc1=O)N1CCOCC1. The van der Waals surface area contributed by atoms with Crippen LogP contribution in [0, 0.1) is 0 Å². The molecule has 1 aliphatic rings. The number of urea groups is 1. The molecule has 1 fully saturated rings. The van der Waals surface area contributed by atoms with Crippen molar-refractivity contribution in [2.24, 2.45) is 0 Å². The zero-order chi connectivity index (χ0) is 15.4. The van der Waals surface area contributed by atoms with Gasteiger partial charge >= 0.3 is 11.7 Å².